The third kappa shape index (κ3) is 5.16. The molecule has 0 spiro atoms. The van der Waals surface area contributed by atoms with Crippen LogP contribution in [0.15, 0.2) is 24.3 Å². The van der Waals surface area contributed by atoms with Crippen LogP contribution in [-0.4, -0.2) is 25.2 Å². The second-order valence-electron chi connectivity index (χ2n) is 6.64. The van der Waals surface area contributed by atoms with Crippen molar-refractivity contribution in [1.29, 1.82) is 0 Å². The third-order valence-electron chi connectivity index (χ3n) is 3.45. The third-order valence-corrected chi connectivity index (χ3v) is 5.10. The van der Waals surface area contributed by atoms with Crippen molar-refractivity contribution < 1.29 is 40.5 Å². The van der Waals surface area contributed by atoms with Crippen molar-refractivity contribution in [3.8, 4) is 0 Å². The van der Waals surface area contributed by atoms with Crippen LogP contribution in [-0.2, 0) is 28.5 Å². The van der Waals surface area contributed by atoms with Gasteiger partial charge in [0, 0.05) is 11.0 Å². The first-order valence-electron chi connectivity index (χ1n) is 8.21. The van der Waals surface area contributed by atoms with Crippen LogP contribution >= 0.6 is 7.82 Å². The topological polar surface area (TPSA) is 61.8 Å². The van der Waals surface area contributed by atoms with Crippen molar-refractivity contribution >= 4 is 13.6 Å². The lowest BCUT2D eigenvalue weighted by atomic mass is 9.76. The molecule has 0 amide bonds. The number of carbonyl (C=O) groups excluding carboxylic acids is 1. The predicted octanol–water partition coefficient (Wildman–Crippen LogP) is 5.40. The Morgan fingerprint density at radius 1 is 1.07 bits per heavy atom. The molecule has 10 heteroatoms. The van der Waals surface area contributed by atoms with E-state index in [0.29, 0.717) is 6.07 Å². The lowest BCUT2D eigenvalue weighted by Crippen LogP contribution is -2.55. The number of halogens is 4. The lowest BCUT2D eigenvalue weighted by molar-refractivity contribution is -0.254. The smallest absolute Gasteiger partial charge is 0.295 e. The van der Waals surface area contributed by atoms with Gasteiger partial charge in [0.1, 0.15) is 5.82 Å². The van der Waals surface area contributed by atoms with Crippen molar-refractivity contribution in [2.24, 2.45) is 5.41 Å². The summed E-state index contributed by atoms with van der Waals surface area (Å²) in [5.74, 6) is -2.48. The molecule has 0 aliphatic rings. The van der Waals surface area contributed by atoms with E-state index in [1.54, 1.807) is 0 Å². The van der Waals surface area contributed by atoms with E-state index in [-0.39, 0.29) is 13.2 Å². The molecule has 0 saturated carbocycles. The van der Waals surface area contributed by atoms with Crippen LogP contribution in [0.5, 0.6) is 0 Å². The summed E-state index contributed by atoms with van der Waals surface area (Å²) in [7, 11) is -4.80. The highest BCUT2D eigenvalue weighted by molar-refractivity contribution is 7.48. The van der Waals surface area contributed by atoms with Crippen molar-refractivity contribution in [1.82, 2.24) is 0 Å². The van der Waals surface area contributed by atoms with E-state index in [0.717, 1.165) is 18.2 Å². The van der Waals surface area contributed by atoms with Gasteiger partial charge in [0.15, 0.2) is 5.78 Å². The molecule has 5 nitrogen and oxygen atoms in total. The Morgan fingerprint density at radius 2 is 1.59 bits per heavy atom. The van der Waals surface area contributed by atoms with E-state index < -0.39 is 42.2 Å². The fourth-order valence-electron chi connectivity index (χ4n) is 2.38. The minimum absolute atomic E-state index is 0.294. The Bertz CT molecular complexity index is 704. The van der Waals surface area contributed by atoms with E-state index in [9.17, 15) is 26.9 Å². The standard InChI is InChI=1S/C17H23F4O5P/c1-6-24-27(23,25-7-2)26-16(17(19,20)21,14(22)15(3,4)5)12-9-8-10-13(18)11-12/h8-11H,6-7H2,1-5H3. The summed E-state index contributed by atoms with van der Waals surface area (Å²) in [4.78, 5) is 12.9. The van der Waals surface area contributed by atoms with Crippen LogP contribution in [0.4, 0.5) is 17.6 Å². The average Bonchev–Trinajstić information content (AvgIpc) is 2.50. The highest BCUT2D eigenvalue weighted by Crippen LogP contribution is 2.60. The molecule has 0 radical (unpaired) electrons. The number of benzene rings is 1. The van der Waals surface area contributed by atoms with Crippen molar-refractivity contribution in [2.75, 3.05) is 13.2 Å². The molecule has 0 N–H and O–H groups in total. The maximum atomic E-state index is 14.3. The molecule has 1 unspecified atom stereocenters. The van der Waals surface area contributed by atoms with Gasteiger partial charge in [0.05, 0.1) is 13.2 Å². The Balaban J connectivity index is 3.82. The van der Waals surface area contributed by atoms with Crippen LogP contribution in [0.3, 0.4) is 0 Å². The minimum atomic E-state index is -5.38. The maximum Gasteiger partial charge on any atom is 0.476 e. The van der Waals surface area contributed by atoms with Gasteiger partial charge >= 0.3 is 14.0 Å². The maximum absolute atomic E-state index is 14.3. The molecule has 0 bridgehead atoms. The molecule has 0 saturated heterocycles. The van der Waals surface area contributed by atoms with Gasteiger partial charge in [-0.3, -0.25) is 18.4 Å². The first-order chi connectivity index (χ1) is 12.2. The summed E-state index contributed by atoms with van der Waals surface area (Å²) in [6, 6.07) is 3.30. The Morgan fingerprint density at radius 3 is 1.96 bits per heavy atom. The van der Waals surface area contributed by atoms with E-state index in [2.05, 4.69) is 0 Å². The van der Waals surface area contributed by atoms with Gasteiger partial charge in [-0.2, -0.15) is 13.2 Å². The molecule has 1 atom stereocenters. The zero-order chi connectivity index (χ0) is 21.1. The number of hydrogen-bond acceptors (Lipinski definition) is 5. The number of carbonyl (C=O) groups is 1. The average molecular weight is 414 g/mol. The number of phosphoric ester groups is 1. The highest BCUT2D eigenvalue weighted by Gasteiger charge is 2.67. The van der Waals surface area contributed by atoms with E-state index >= 15 is 0 Å². The number of hydrogen-bond donors (Lipinski definition) is 0. The zero-order valence-electron chi connectivity index (χ0n) is 15.7. The van der Waals surface area contributed by atoms with Gasteiger partial charge < -0.3 is 0 Å². The molecule has 1 aromatic rings. The molecule has 27 heavy (non-hydrogen) atoms. The molecule has 1 aromatic carbocycles. The summed E-state index contributed by atoms with van der Waals surface area (Å²) in [6.45, 7) is 5.88. The van der Waals surface area contributed by atoms with Gasteiger partial charge in [-0.25, -0.2) is 8.96 Å². The SMILES string of the molecule is CCOP(=O)(OCC)OC(C(=O)C(C)(C)C)(c1cccc(F)c1)C(F)(F)F. The fraction of sp³-hybridized carbons (Fsp3) is 0.588. The minimum Gasteiger partial charge on any atom is -0.295 e. The molecular formula is C17H23F4O5P. The van der Waals surface area contributed by atoms with Gasteiger partial charge in [0.2, 0.25) is 0 Å². The summed E-state index contributed by atoms with van der Waals surface area (Å²) in [6.07, 6.45) is -5.38. The lowest BCUT2D eigenvalue weighted by Gasteiger charge is -2.39. The number of phosphoric acid groups is 1. The number of ketones is 1. The van der Waals surface area contributed by atoms with Crippen molar-refractivity contribution in [3.05, 3.63) is 35.6 Å². The first-order valence-corrected chi connectivity index (χ1v) is 9.67. The van der Waals surface area contributed by atoms with Crippen LogP contribution < -0.4 is 0 Å². The van der Waals surface area contributed by atoms with Gasteiger partial charge in [-0.1, -0.05) is 32.9 Å². The van der Waals surface area contributed by atoms with E-state index in [1.165, 1.54) is 34.6 Å². The molecule has 154 valence electrons. The van der Waals surface area contributed by atoms with Crippen LogP contribution in [0, 0.1) is 11.2 Å². The van der Waals surface area contributed by atoms with Gasteiger partial charge in [-0.05, 0) is 26.0 Å². The van der Waals surface area contributed by atoms with Crippen molar-refractivity contribution in [2.45, 2.75) is 46.4 Å². The first kappa shape index (κ1) is 23.8. The number of Topliss-reactive ketones (excluding diaryl/α,β-unsaturated/α-hetero) is 1. The van der Waals surface area contributed by atoms with Gasteiger partial charge in [0.25, 0.3) is 5.60 Å². The fourth-order valence-corrected chi connectivity index (χ4v) is 3.82. The number of rotatable bonds is 8. The molecule has 1 rings (SSSR count). The predicted molar refractivity (Wildman–Crippen MR) is 90.5 cm³/mol. The normalized spacial score (nSPS) is 15.4. The highest BCUT2D eigenvalue weighted by atomic mass is 31.2. The van der Waals surface area contributed by atoms with E-state index in [4.69, 9.17) is 13.6 Å². The molecule has 0 aliphatic carbocycles. The molecule has 0 aliphatic heterocycles. The second-order valence-corrected chi connectivity index (χ2v) is 8.24. The summed E-state index contributed by atoms with van der Waals surface area (Å²) < 4.78 is 83.8. The molecular weight excluding hydrogens is 391 g/mol. The van der Waals surface area contributed by atoms with Gasteiger partial charge in [-0.15, -0.1) is 0 Å². The molecule has 0 aromatic heterocycles. The van der Waals surface area contributed by atoms with Crippen LogP contribution in [0.2, 0.25) is 0 Å². The van der Waals surface area contributed by atoms with Crippen LogP contribution in [0.25, 0.3) is 0 Å². The quantitative estimate of drug-likeness (QED) is 0.421. The summed E-state index contributed by atoms with van der Waals surface area (Å²) >= 11 is 0. The monoisotopic (exact) mass is 414 g/mol. The summed E-state index contributed by atoms with van der Waals surface area (Å²) in [5, 5.41) is 0. The van der Waals surface area contributed by atoms with E-state index in [1.807, 2.05) is 0 Å². The Labute approximate surface area is 155 Å². The Kier molecular flexibility index (Phi) is 7.38. The Hall–Kier alpha value is -1.28. The zero-order valence-corrected chi connectivity index (χ0v) is 16.6. The molecule has 0 fully saturated rings. The summed E-state index contributed by atoms with van der Waals surface area (Å²) in [5.41, 5.74) is -6.17. The number of alkyl halides is 3. The van der Waals surface area contributed by atoms with Crippen molar-refractivity contribution in [3.63, 3.8) is 0 Å². The van der Waals surface area contributed by atoms with Crippen LogP contribution in [0.1, 0.15) is 40.2 Å². The second kappa shape index (κ2) is 8.39. The molecule has 0 heterocycles. The largest absolute Gasteiger partial charge is 0.476 e.